The number of nitrogens with one attached hydrogen (secondary N) is 1. The van der Waals surface area contributed by atoms with Gasteiger partial charge in [-0.15, -0.1) is 0 Å². The molecule has 0 amide bonds. The standard InChI is InChI=1S/C30H34F8N2O4/c1-43-21-7-8-23(27(29(33,34)35)39-17-28(31,32)30(36,37)38)25(14-21)40-11-9-18(10-12-40)16-44-22-4-2-3-20(13-22)24(15-26(41)42)19-5-6-19/h2-4,7-8,13-14,18-19,24,27,39H,5-6,9-12,15-17H2,1H3,(H,41,42)/t24-,27?/m0/s1. The number of methoxy groups -OCH3 is 1. The molecule has 2 fully saturated rings. The molecule has 0 aromatic heterocycles. The molecule has 244 valence electrons. The van der Waals surface area contributed by atoms with Crippen LogP contribution in [0.2, 0.25) is 0 Å². The average molecular weight is 639 g/mol. The van der Waals surface area contributed by atoms with Crippen LogP contribution in [-0.4, -0.2) is 62.7 Å². The van der Waals surface area contributed by atoms with E-state index in [1.807, 2.05) is 18.2 Å². The maximum atomic E-state index is 14.0. The Morgan fingerprint density at radius 3 is 2.23 bits per heavy atom. The molecule has 4 rings (SSSR count). The largest absolute Gasteiger partial charge is 0.497 e. The molecule has 2 atom stereocenters. The molecule has 2 aliphatic rings. The molecule has 2 aromatic carbocycles. The molecule has 0 radical (unpaired) electrons. The van der Waals surface area contributed by atoms with Crippen molar-refractivity contribution >= 4 is 11.7 Å². The lowest BCUT2D eigenvalue weighted by Gasteiger charge is -2.36. The minimum absolute atomic E-state index is 0.0196. The quantitative estimate of drug-likeness (QED) is 0.224. The van der Waals surface area contributed by atoms with E-state index in [4.69, 9.17) is 9.47 Å². The number of hydrogen-bond donors (Lipinski definition) is 2. The molecule has 1 saturated heterocycles. The second-order valence-electron chi connectivity index (χ2n) is 11.3. The van der Waals surface area contributed by atoms with Gasteiger partial charge in [-0.2, -0.15) is 35.1 Å². The molecule has 14 heteroatoms. The van der Waals surface area contributed by atoms with Gasteiger partial charge in [0.25, 0.3) is 0 Å². The molecule has 6 nitrogen and oxygen atoms in total. The second kappa shape index (κ2) is 13.4. The number of nitrogens with zero attached hydrogens (tertiary/aromatic N) is 1. The van der Waals surface area contributed by atoms with Gasteiger partial charge in [0.1, 0.15) is 17.5 Å². The summed E-state index contributed by atoms with van der Waals surface area (Å²) >= 11 is 0. The van der Waals surface area contributed by atoms with Crippen LogP contribution < -0.4 is 19.7 Å². The van der Waals surface area contributed by atoms with Crippen LogP contribution in [-0.2, 0) is 4.79 Å². The smallest absolute Gasteiger partial charge is 0.454 e. The number of anilines is 1. The van der Waals surface area contributed by atoms with Crippen LogP contribution in [0.25, 0.3) is 0 Å². The number of halogens is 8. The average Bonchev–Trinajstić information content (AvgIpc) is 3.79. The Hall–Kier alpha value is -3.29. The van der Waals surface area contributed by atoms with Crippen LogP contribution in [0.5, 0.6) is 11.5 Å². The molecule has 1 heterocycles. The molecule has 1 aliphatic carbocycles. The van der Waals surface area contributed by atoms with Crippen molar-refractivity contribution in [2.24, 2.45) is 11.8 Å². The van der Waals surface area contributed by atoms with Crippen molar-refractivity contribution in [3.05, 3.63) is 53.6 Å². The molecule has 2 aromatic rings. The number of carboxylic acid groups (broad SMARTS) is 1. The lowest BCUT2D eigenvalue weighted by atomic mass is 9.91. The van der Waals surface area contributed by atoms with E-state index in [0.717, 1.165) is 24.5 Å². The molecular weight excluding hydrogens is 604 g/mol. The minimum atomic E-state index is -6.01. The summed E-state index contributed by atoms with van der Waals surface area (Å²) in [6.07, 6.45) is -8.16. The van der Waals surface area contributed by atoms with Crippen molar-refractivity contribution in [2.45, 2.75) is 62.3 Å². The van der Waals surface area contributed by atoms with E-state index in [1.54, 1.807) is 11.0 Å². The highest BCUT2D eigenvalue weighted by Crippen LogP contribution is 2.45. The highest BCUT2D eigenvalue weighted by Gasteiger charge is 2.58. The van der Waals surface area contributed by atoms with Gasteiger partial charge in [0.15, 0.2) is 0 Å². The number of hydrogen-bond acceptors (Lipinski definition) is 5. The highest BCUT2D eigenvalue weighted by atomic mass is 19.4. The summed E-state index contributed by atoms with van der Waals surface area (Å²) in [5.41, 5.74) is 0.425. The van der Waals surface area contributed by atoms with Gasteiger partial charge in [-0.1, -0.05) is 18.2 Å². The van der Waals surface area contributed by atoms with Crippen LogP contribution in [0.3, 0.4) is 0 Å². The Labute approximate surface area is 249 Å². The fourth-order valence-electron chi connectivity index (χ4n) is 5.53. The van der Waals surface area contributed by atoms with Gasteiger partial charge in [-0.05, 0) is 67.2 Å². The number of piperidine rings is 1. The Morgan fingerprint density at radius 2 is 1.66 bits per heavy atom. The maximum absolute atomic E-state index is 14.0. The molecular formula is C30H34F8N2O4. The summed E-state index contributed by atoms with van der Waals surface area (Å²) in [4.78, 5) is 13.0. The van der Waals surface area contributed by atoms with Gasteiger partial charge in [-0.3, -0.25) is 10.1 Å². The number of rotatable bonds is 13. The summed E-state index contributed by atoms with van der Waals surface area (Å²) < 4.78 is 118. The molecule has 2 N–H and O–H groups in total. The summed E-state index contributed by atoms with van der Waals surface area (Å²) in [6.45, 7) is -1.38. The molecule has 1 aliphatic heterocycles. The zero-order chi connectivity index (χ0) is 32.3. The van der Waals surface area contributed by atoms with Crippen LogP contribution in [0.1, 0.15) is 55.2 Å². The number of ether oxygens (including phenoxy) is 2. The predicted octanol–water partition coefficient (Wildman–Crippen LogP) is 7.35. The zero-order valence-corrected chi connectivity index (χ0v) is 23.9. The first kappa shape index (κ1) is 33.6. The van der Waals surface area contributed by atoms with E-state index in [9.17, 15) is 45.0 Å². The van der Waals surface area contributed by atoms with Gasteiger partial charge in [0.05, 0.1) is 26.7 Å². The first-order valence-corrected chi connectivity index (χ1v) is 14.2. The van der Waals surface area contributed by atoms with Crippen molar-refractivity contribution < 1.29 is 54.5 Å². The third-order valence-corrected chi connectivity index (χ3v) is 8.13. The lowest BCUT2D eigenvalue weighted by molar-refractivity contribution is -0.281. The van der Waals surface area contributed by atoms with E-state index < -0.39 is 42.4 Å². The third kappa shape index (κ3) is 8.45. The zero-order valence-electron chi connectivity index (χ0n) is 23.9. The second-order valence-corrected chi connectivity index (χ2v) is 11.3. The van der Waals surface area contributed by atoms with Crippen molar-refractivity contribution in [2.75, 3.05) is 38.3 Å². The molecule has 0 bridgehead atoms. The van der Waals surface area contributed by atoms with E-state index >= 15 is 0 Å². The minimum Gasteiger partial charge on any atom is -0.497 e. The monoisotopic (exact) mass is 638 g/mol. The molecule has 44 heavy (non-hydrogen) atoms. The topological polar surface area (TPSA) is 71.0 Å². The number of carbonyl (C=O) groups is 1. The third-order valence-electron chi connectivity index (χ3n) is 8.13. The maximum Gasteiger partial charge on any atom is 0.454 e. The van der Waals surface area contributed by atoms with E-state index in [-0.39, 0.29) is 42.8 Å². The fraction of sp³-hybridized carbons (Fsp3) is 0.567. The Kier molecular flexibility index (Phi) is 10.2. The van der Waals surface area contributed by atoms with Crippen molar-refractivity contribution in [3.8, 4) is 11.5 Å². The highest BCUT2D eigenvalue weighted by molar-refractivity contribution is 5.68. The first-order valence-electron chi connectivity index (χ1n) is 14.2. The predicted molar refractivity (Wildman–Crippen MR) is 145 cm³/mol. The Morgan fingerprint density at radius 1 is 0.977 bits per heavy atom. The van der Waals surface area contributed by atoms with E-state index in [0.29, 0.717) is 31.1 Å². The summed E-state index contributed by atoms with van der Waals surface area (Å²) in [7, 11) is 1.30. The van der Waals surface area contributed by atoms with Crippen molar-refractivity contribution in [3.63, 3.8) is 0 Å². The summed E-state index contributed by atoms with van der Waals surface area (Å²) in [5.74, 6) is -5.17. The fourth-order valence-corrected chi connectivity index (χ4v) is 5.53. The summed E-state index contributed by atoms with van der Waals surface area (Å²) in [6, 6.07) is 8.06. The number of alkyl halides is 8. The molecule has 0 spiro atoms. The van der Waals surface area contributed by atoms with Gasteiger partial charge in [0, 0.05) is 30.4 Å². The van der Waals surface area contributed by atoms with E-state index in [2.05, 4.69) is 0 Å². The van der Waals surface area contributed by atoms with Crippen LogP contribution in [0, 0.1) is 11.8 Å². The van der Waals surface area contributed by atoms with Crippen LogP contribution in [0.4, 0.5) is 40.8 Å². The van der Waals surface area contributed by atoms with Gasteiger partial charge in [-0.25, -0.2) is 0 Å². The van der Waals surface area contributed by atoms with Crippen LogP contribution in [0.15, 0.2) is 42.5 Å². The van der Waals surface area contributed by atoms with E-state index in [1.165, 1.54) is 24.6 Å². The van der Waals surface area contributed by atoms with Gasteiger partial charge >= 0.3 is 24.2 Å². The van der Waals surface area contributed by atoms with Crippen LogP contribution >= 0.6 is 0 Å². The summed E-state index contributed by atoms with van der Waals surface area (Å²) in [5, 5.41) is 10.7. The first-order chi connectivity index (χ1) is 20.6. The molecule has 1 saturated carbocycles. The van der Waals surface area contributed by atoms with Gasteiger partial charge in [0.2, 0.25) is 0 Å². The van der Waals surface area contributed by atoms with Crippen molar-refractivity contribution in [1.29, 1.82) is 0 Å². The Balaban J connectivity index is 1.43. The SMILES string of the molecule is COc1ccc(C(NCC(F)(F)C(F)(F)F)C(F)(F)F)c(N2CCC(COc3cccc([C@@H](CC(=O)O)C4CC4)c3)CC2)c1. The number of benzene rings is 2. The lowest BCUT2D eigenvalue weighted by Crippen LogP contribution is -2.48. The Bertz CT molecular complexity index is 1270. The number of carboxylic acids is 1. The normalized spacial score (nSPS) is 18.2. The van der Waals surface area contributed by atoms with Crippen molar-refractivity contribution in [1.82, 2.24) is 5.32 Å². The van der Waals surface area contributed by atoms with Gasteiger partial charge < -0.3 is 19.5 Å². The number of aliphatic carboxylic acids is 1. The molecule has 1 unspecified atom stereocenters.